The Labute approximate surface area is 169 Å². The number of fused-ring (bicyclic) bond motifs is 1. The lowest BCUT2D eigenvalue weighted by atomic mass is 9.75. The van der Waals surface area contributed by atoms with E-state index in [0.717, 1.165) is 48.4 Å². The fourth-order valence-corrected chi connectivity index (χ4v) is 4.97. The molecule has 0 radical (unpaired) electrons. The van der Waals surface area contributed by atoms with Gasteiger partial charge >= 0.3 is 0 Å². The Morgan fingerprint density at radius 3 is 2.45 bits per heavy atom. The van der Waals surface area contributed by atoms with Crippen LogP contribution in [-0.2, 0) is 12.8 Å². The topological polar surface area (TPSA) is 0 Å². The van der Waals surface area contributed by atoms with Crippen LogP contribution in [0.1, 0.15) is 67.2 Å². The molecule has 0 amide bonds. The molecule has 1 fully saturated rings. The summed E-state index contributed by atoms with van der Waals surface area (Å²) in [4.78, 5) is 0. The second-order valence-electron chi connectivity index (χ2n) is 8.45. The lowest BCUT2D eigenvalue weighted by molar-refractivity contribution is 0.163. The van der Waals surface area contributed by atoms with E-state index >= 15 is 0 Å². The number of hydrogen-bond donors (Lipinski definition) is 0. The Kier molecular flexibility index (Phi) is 5.80. The van der Waals surface area contributed by atoms with Crippen LogP contribution >= 0.6 is 0 Å². The summed E-state index contributed by atoms with van der Waals surface area (Å²) in [6, 6.07) is 8.99. The van der Waals surface area contributed by atoms with E-state index in [1.165, 1.54) is 0 Å². The zero-order valence-corrected chi connectivity index (χ0v) is 16.7. The molecular weight excluding hydrogens is 376 g/mol. The molecule has 0 saturated heterocycles. The Hall–Kier alpha value is -2.10. The molecular formula is C25H26F4. The van der Waals surface area contributed by atoms with Gasteiger partial charge < -0.3 is 0 Å². The second-order valence-corrected chi connectivity index (χ2v) is 8.45. The van der Waals surface area contributed by atoms with Crippen LogP contribution in [0.2, 0.25) is 0 Å². The maximum absolute atomic E-state index is 14.7. The minimum Gasteiger partial charge on any atom is -0.247 e. The third-order valence-electron chi connectivity index (χ3n) is 6.58. The zero-order valence-electron chi connectivity index (χ0n) is 16.7. The van der Waals surface area contributed by atoms with E-state index in [9.17, 15) is 17.6 Å². The van der Waals surface area contributed by atoms with Crippen LogP contribution in [0.3, 0.4) is 0 Å². The van der Waals surface area contributed by atoms with Crippen molar-refractivity contribution in [3.8, 4) is 0 Å². The summed E-state index contributed by atoms with van der Waals surface area (Å²) in [6.07, 6.45) is 6.48. The first-order valence-electron chi connectivity index (χ1n) is 10.6. The van der Waals surface area contributed by atoms with Gasteiger partial charge in [0.15, 0.2) is 17.5 Å². The fraction of sp³-hybridized carbons (Fsp3) is 0.440. The summed E-state index contributed by atoms with van der Waals surface area (Å²) in [5, 5.41) is 0. The maximum Gasteiger partial charge on any atom is 0.194 e. The van der Waals surface area contributed by atoms with Crippen molar-refractivity contribution in [2.45, 2.75) is 64.0 Å². The molecule has 4 heteroatoms. The molecule has 2 aromatic carbocycles. The summed E-state index contributed by atoms with van der Waals surface area (Å²) in [6.45, 7) is 2.15. The highest BCUT2D eigenvalue weighted by molar-refractivity contribution is 5.70. The number of alkyl halides is 1. The first-order valence-corrected chi connectivity index (χ1v) is 10.6. The Morgan fingerprint density at radius 1 is 1.00 bits per heavy atom. The van der Waals surface area contributed by atoms with Crippen molar-refractivity contribution in [2.24, 2.45) is 5.92 Å². The molecule has 29 heavy (non-hydrogen) atoms. The Morgan fingerprint density at radius 2 is 1.76 bits per heavy atom. The molecule has 0 nitrogen and oxygen atoms in total. The van der Waals surface area contributed by atoms with E-state index in [0.29, 0.717) is 24.3 Å². The van der Waals surface area contributed by atoms with Crippen LogP contribution in [0, 0.1) is 23.4 Å². The summed E-state index contributed by atoms with van der Waals surface area (Å²) < 4.78 is 55.7. The lowest BCUT2D eigenvalue weighted by Crippen LogP contribution is -2.24. The van der Waals surface area contributed by atoms with Crippen LogP contribution in [-0.4, -0.2) is 6.17 Å². The SMILES string of the molecule is CCCC1CCC(c2ccc(C3=CCc4c(cc(F)c(F)c4F)C3)cc2)C(F)C1. The van der Waals surface area contributed by atoms with Crippen LogP contribution < -0.4 is 0 Å². The van der Waals surface area contributed by atoms with E-state index in [1.54, 1.807) is 0 Å². The molecule has 0 bridgehead atoms. The predicted octanol–water partition coefficient (Wildman–Crippen LogP) is 7.31. The van der Waals surface area contributed by atoms with Crippen molar-refractivity contribution in [2.75, 3.05) is 0 Å². The van der Waals surface area contributed by atoms with Gasteiger partial charge in [-0.3, -0.25) is 0 Å². The molecule has 0 aliphatic heterocycles. The first kappa shape index (κ1) is 20.2. The quantitative estimate of drug-likeness (QED) is 0.372. The van der Waals surface area contributed by atoms with Gasteiger partial charge in [0.1, 0.15) is 6.17 Å². The highest BCUT2D eigenvalue weighted by Crippen LogP contribution is 2.40. The number of benzene rings is 2. The average Bonchev–Trinajstić information content (AvgIpc) is 2.72. The second kappa shape index (κ2) is 8.33. The van der Waals surface area contributed by atoms with Crippen molar-refractivity contribution >= 4 is 5.57 Å². The summed E-state index contributed by atoms with van der Waals surface area (Å²) in [5.41, 5.74) is 3.65. The molecule has 2 aliphatic rings. The normalized spacial score (nSPS) is 24.2. The van der Waals surface area contributed by atoms with Crippen molar-refractivity contribution in [3.63, 3.8) is 0 Å². The third-order valence-corrected chi connectivity index (χ3v) is 6.58. The number of hydrogen-bond acceptors (Lipinski definition) is 0. The number of rotatable bonds is 4. The molecule has 0 spiro atoms. The van der Waals surface area contributed by atoms with E-state index in [1.807, 2.05) is 30.3 Å². The molecule has 2 aliphatic carbocycles. The van der Waals surface area contributed by atoms with Gasteiger partial charge in [0.2, 0.25) is 0 Å². The van der Waals surface area contributed by atoms with Gasteiger partial charge in [0.05, 0.1) is 0 Å². The van der Waals surface area contributed by atoms with E-state index in [4.69, 9.17) is 0 Å². The highest BCUT2D eigenvalue weighted by Gasteiger charge is 2.31. The van der Waals surface area contributed by atoms with Crippen LogP contribution in [0.25, 0.3) is 5.57 Å². The molecule has 2 aromatic rings. The molecule has 0 N–H and O–H groups in total. The highest BCUT2D eigenvalue weighted by atomic mass is 19.2. The molecule has 4 rings (SSSR count). The smallest absolute Gasteiger partial charge is 0.194 e. The van der Waals surface area contributed by atoms with E-state index in [-0.39, 0.29) is 17.9 Å². The standard InChI is InChI=1S/C25H26F4/c1-2-3-15-4-10-20(22(26)12-15)17-7-5-16(6-8-17)18-9-11-21-19(13-18)14-23(27)25(29)24(21)28/h5-9,14-15,20,22H,2-4,10-13H2,1H3. The minimum atomic E-state index is -1.40. The van der Waals surface area contributed by atoms with Gasteiger partial charge in [0.25, 0.3) is 0 Å². The van der Waals surface area contributed by atoms with Crippen LogP contribution in [0.5, 0.6) is 0 Å². The van der Waals surface area contributed by atoms with Gasteiger partial charge in [-0.05, 0) is 71.9 Å². The van der Waals surface area contributed by atoms with E-state index < -0.39 is 23.6 Å². The largest absolute Gasteiger partial charge is 0.247 e. The zero-order chi connectivity index (χ0) is 20.5. The van der Waals surface area contributed by atoms with Gasteiger partial charge in [-0.15, -0.1) is 0 Å². The van der Waals surface area contributed by atoms with Gasteiger partial charge in [-0.2, -0.15) is 0 Å². The Balaban J connectivity index is 1.49. The molecule has 0 aromatic heterocycles. The summed E-state index contributed by atoms with van der Waals surface area (Å²) in [5.74, 6) is -3.18. The van der Waals surface area contributed by atoms with Crippen LogP contribution in [0.4, 0.5) is 17.6 Å². The lowest BCUT2D eigenvalue weighted by Gasteiger charge is -2.32. The number of halogens is 4. The fourth-order valence-electron chi connectivity index (χ4n) is 4.97. The van der Waals surface area contributed by atoms with Gasteiger partial charge in [-0.25, -0.2) is 17.6 Å². The third kappa shape index (κ3) is 3.99. The predicted molar refractivity (Wildman–Crippen MR) is 108 cm³/mol. The summed E-state index contributed by atoms with van der Waals surface area (Å²) in [7, 11) is 0. The van der Waals surface area contributed by atoms with Gasteiger partial charge in [-0.1, -0.05) is 50.1 Å². The van der Waals surface area contributed by atoms with Crippen molar-refractivity contribution < 1.29 is 17.6 Å². The van der Waals surface area contributed by atoms with Gasteiger partial charge in [0, 0.05) is 5.92 Å². The van der Waals surface area contributed by atoms with Crippen LogP contribution in [0.15, 0.2) is 36.4 Å². The monoisotopic (exact) mass is 402 g/mol. The average molecular weight is 402 g/mol. The summed E-state index contributed by atoms with van der Waals surface area (Å²) >= 11 is 0. The maximum atomic E-state index is 14.7. The molecule has 0 heterocycles. The van der Waals surface area contributed by atoms with E-state index in [2.05, 4.69) is 6.92 Å². The van der Waals surface area contributed by atoms with Crippen molar-refractivity contribution in [1.29, 1.82) is 0 Å². The van der Waals surface area contributed by atoms with Crippen molar-refractivity contribution in [1.82, 2.24) is 0 Å². The molecule has 1 saturated carbocycles. The number of allylic oxidation sites excluding steroid dienone is 2. The first-order chi connectivity index (χ1) is 14.0. The molecule has 154 valence electrons. The minimum absolute atomic E-state index is 0.0515. The Bertz CT molecular complexity index is 913. The molecule has 3 atom stereocenters. The van der Waals surface area contributed by atoms with Crippen molar-refractivity contribution in [3.05, 3.63) is 76.1 Å². The molecule has 3 unspecified atom stereocenters.